The van der Waals surface area contributed by atoms with Gasteiger partial charge in [0.25, 0.3) is 5.91 Å². The standard InChI is InChI=1S/C25H18FNO3/c1-15-10-12-16(13-11-15)14-27-22(17-6-2-4-8-19(17)26)21-23(28)18-7-3-5-9-20(18)30-24(21)25(27)29/h2-13,22H,14H2,1H3. The third-order valence-electron chi connectivity index (χ3n) is 5.55. The van der Waals surface area contributed by atoms with Crippen molar-refractivity contribution in [2.75, 3.05) is 0 Å². The van der Waals surface area contributed by atoms with Crippen LogP contribution in [0.25, 0.3) is 11.0 Å². The van der Waals surface area contributed by atoms with Gasteiger partial charge in [-0.2, -0.15) is 0 Å². The SMILES string of the molecule is Cc1ccc(CN2C(=O)c3oc4ccccc4c(=O)c3C2c2ccccc2F)cc1. The number of carbonyl (C=O) groups is 1. The summed E-state index contributed by atoms with van der Waals surface area (Å²) in [6.07, 6.45) is 0. The summed E-state index contributed by atoms with van der Waals surface area (Å²) in [6, 6.07) is 20.0. The van der Waals surface area contributed by atoms with Crippen LogP contribution in [0.1, 0.15) is 38.9 Å². The van der Waals surface area contributed by atoms with Gasteiger partial charge in [0, 0.05) is 12.1 Å². The van der Waals surface area contributed by atoms with Crippen LogP contribution in [-0.2, 0) is 6.54 Å². The number of halogens is 1. The maximum Gasteiger partial charge on any atom is 0.291 e. The number of benzene rings is 3. The molecule has 5 rings (SSSR count). The van der Waals surface area contributed by atoms with E-state index >= 15 is 0 Å². The van der Waals surface area contributed by atoms with Crippen LogP contribution >= 0.6 is 0 Å². The van der Waals surface area contributed by atoms with E-state index in [0.29, 0.717) is 11.0 Å². The Hall–Kier alpha value is -3.73. The molecule has 0 N–H and O–H groups in total. The van der Waals surface area contributed by atoms with Crippen molar-refractivity contribution in [1.29, 1.82) is 0 Å². The van der Waals surface area contributed by atoms with Gasteiger partial charge in [0.1, 0.15) is 11.4 Å². The number of carbonyl (C=O) groups excluding carboxylic acids is 1. The van der Waals surface area contributed by atoms with E-state index in [1.807, 2.05) is 31.2 Å². The molecule has 0 aliphatic carbocycles. The lowest BCUT2D eigenvalue weighted by molar-refractivity contribution is 0.0712. The number of hydrogen-bond acceptors (Lipinski definition) is 3. The summed E-state index contributed by atoms with van der Waals surface area (Å²) in [5, 5.41) is 0.377. The van der Waals surface area contributed by atoms with Crippen LogP contribution in [0.2, 0.25) is 0 Å². The van der Waals surface area contributed by atoms with Crippen molar-refractivity contribution in [3.63, 3.8) is 0 Å². The number of aryl methyl sites for hydroxylation is 1. The van der Waals surface area contributed by atoms with Gasteiger partial charge >= 0.3 is 0 Å². The van der Waals surface area contributed by atoms with Gasteiger partial charge in [-0.3, -0.25) is 9.59 Å². The first-order valence-electron chi connectivity index (χ1n) is 9.71. The Morgan fingerprint density at radius 3 is 2.40 bits per heavy atom. The molecule has 0 fully saturated rings. The lowest BCUT2D eigenvalue weighted by atomic mass is 9.97. The fourth-order valence-corrected chi connectivity index (χ4v) is 4.04. The van der Waals surface area contributed by atoms with E-state index < -0.39 is 17.8 Å². The molecule has 0 saturated carbocycles. The van der Waals surface area contributed by atoms with Crippen LogP contribution in [0.4, 0.5) is 4.39 Å². The zero-order valence-corrected chi connectivity index (χ0v) is 16.3. The van der Waals surface area contributed by atoms with E-state index in [1.165, 1.54) is 11.0 Å². The van der Waals surface area contributed by atoms with E-state index in [-0.39, 0.29) is 28.9 Å². The molecule has 1 amide bonds. The highest BCUT2D eigenvalue weighted by atomic mass is 19.1. The van der Waals surface area contributed by atoms with E-state index in [4.69, 9.17) is 4.42 Å². The minimum absolute atomic E-state index is 0.0148. The molecule has 2 heterocycles. The summed E-state index contributed by atoms with van der Waals surface area (Å²) in [6.45, 7) is 2.22. The molecular weight excluding hydrogens is 381 g/mol. The second-order valence-electron chi connectivity index (χ2n) is 7.51. The van der Waals surface area contributed by atoms with Crippen LogP contribution < -0.4 is 5.43 Å². The molecule has 0 bridgehead atoms. The van der Waals surface area contributed by atoms with Crippen LogP contribution in [0, 0.1) is 12.7 Å². The van der Waals surface area contributed by atoms with Crippen molar-refractivity contribution in [3.8, 4) is 0 Å². The van der Waals surface area contributed by atoms with Gasteiger partial charge in [-0.05, 0) is 30.7 Å². The molecule has 1 atom stereocenters. The molecular formula is C25H18FNO3. The molecule has 1 aliphatic rings. The number of hydrogen-bond donors (Lipinski definition) is 0. The van der Waals surface area contributed by atoms with Crippen molar-refractivity contribution < 1.29 is 13.6 Å². The molecule has 30 heavy (non-hydrogen) atoms. The van der Waals surface area contributed by atoms with Gasteiger partial charge in [0.15, 0.2) is 5.43 Å². The molecule has 3 aromatic carbocycles. The zero-order chi connectivity index (χ0) is 20.8. The third-order valence-corrected chi connectivity index (χ3v) is 5.55. The van der Waals surface area contributed by atoms with Gasteiger partial charge < -0.3 is 9.32 Å². The van der Waals surface area contributed by atoms with Gasteiger partial charge in [-0.1, -0.05) is 60.2 Å². The smallest absolute Gasteiger partial charge is 0.291 e. The molecule has 4 nitrogen and oxygen atoms in total. The lowest BCUT2D eigenvalue weighted by Crippen LogP contribution is -2.29. The van der Waals surface area contributed by atoms with Crippen molar-refractivity contribution in [3.05, 3.63) is 117 Å². The molecule has 5 heteroatoms. The van der Waals surface area contributed by atoms with E-state index in [1.54, 1.807) is 42.5 Å². The normalized spacial score (nSPS) is 15.6. The topological polar surface area (TPSA) is 50.5 Å². The summed E-state index contributed by atoms with van der Waals surface area (Å²) in [7, 11) is 0. The predicted molar refractivity (Wildman–Crippen MR) is 112 cm³/mol. The Morgan fingerprint density at radius 1 is 0.933 bits per heavy atom. The number of rotatable bonds is 3. The minimum Gasteiger partial charge on any atom is -0.450 e. The minimum atomic E-state index is -0.851. The van der Waals surface area contributed by atoms with Crippen molar-refractivity contribution >= 4 is 16.9 Å². The highest BCUT2D eigenvalue weighted by Crippen LogP contribution is 2.39. The first-order chi connectivity index (χ1) is 14.5. The van der Waals surface area contributed by atoms with Crippen LogP contribution in [0.5, 0.6) is 0 Å². The Kier molecular flexibility index (Phi) is 4.24. The molecule has 1 unspecified atom stereocenters. The zero-order valence-electron chi connectivity index (χ0n) is 16.3. The second-order valence-corrected chi connectivity index (χ2v) is 7.51. The summed E-state index contributed by atoms with van der Waals surface area (Å²) in [4.78, 5) is 28.2. The fourth-order valence-electron chi connectivity index (χ4n) is 4.04. The molecule has 1 aromatic heterocycles. The predicted octanol–water partition coefficient (Wildman–Crippen LogP) is 4.99. The van der Waals surface area contributed by atoms with E-state index in [9.17, 15) is 14.0 Å². The molecule has 148 valence electrons. The van der Waals surface area contributed by atoms with Crippen LogP contribution in [0.3, 0.4) is 0 Å². The maximum atomic E-state index is 14.8. The number of para-hydroxylation sites is 1. The van der Waals surface area contributed by atoms with Gasteiger partial charge in [0.2, 0.25) is 5.76 Å². The average Bonchev–Trinajstić information content (AvgIpc) is 3.02. The van der Waals surface area contributed by atoms with Crippen molar-refractivity contribution in [2.24, 2.45) is 0 Å². The molecule has 0 spiro atoms. The molecule has 0 radical (unpaired) electrons. The number of amides is 1. The molecule has 0 saturated heterocycles. The monoisotopic (exact) mass is 399 g/mol. The van der Waals surface area contributed by atoms with Gasteiger partial charge in [-0.15, -0.1) is 0 Å². The third kappa shape index (κ3) is 2.82. The van der Waals surface area contributed by atoms with E-state index in [2.05, 4.69) is 0 Å². The number of nitrogens with zero attached hydrogens (tertiary/aromatic N) is 1. The fraction of sp³-hybridized carbons (Fsp3) is 0.120. The highest BCUT2D eigenvalue weighted by molar-refractivity contribution is 5.99. The maximum absolute atomic E-state index is 14.8. The second kappa shape index (κ2) is 6.95. The largest absolute Gasteiger partial charge is 0.450 e. The first-order valence-corrected chi connectivity index (χ1v) is 9.71. The van der Waals surface area contributed by atoms with Gasteiger partial charge in [0.05, 0.1) is 17.0 Å². The summed E-state index contributed by atoms with van der Waals surface area (Å²) in [5.74, 6) is -0.898. The Bertz CT molecular complexity index is 1340. The Balaban J connectivity index is 1.73. The van der Waals surface area contributed by atoms with E-state index in [0.717, 1.165) is 11.1 Å². The first kappa shape index (κ1) is 18.3. The summed E-state index contributed by atoms with van der Waals surface area (Å²) < 4.78 is 20.7. The van der Waals surface area contributed by atoms with Crippen molar-refractivity contribution in [1.82, 2.24) is 4.90 Å². The molecule has 4 aromatic rings. The number of fused-ring (bicyclic) bond motifs is 2. The summed E-state index contributed by atoms with van der Waals surface area (Å²) >= 11 is 0. The molecule has 1 aliphatic heterocycles. The quantitative estimate of drug-likeness (QED) is 0.488. The van der Waals surface area contributed by atoms with Crippen LogP contribution in [0.15, 0.2) is 82.0 Å². The Labute approximate surface area is 172 Å². The summed E-state index contributed by atoms with van der Waals surface area (Å²) in [5.41, 5.74) is 2.50. The lowest BCUT2D eigenvalue weighted by Gasteiger charge is -2.25. The Morgan fingerprint density at radius 2 is 1.63 bits per heavy atom. The highest BCUT2D eigenvalue weighted by Gasteiger charge is 2.43. The van der Waals surface area contributed by atoms with Crippen molar-refractivity contribution in [2.45, 2.75) is 19.5 Å². The van der Waals surface area contributed by atoms with Crippen LogP contribution in [-0.4, -0.2) is 10.8 Å². The van der Waals surface area contributed by atoms with Gasteiger partial charge in [-0.25, -0.2) is 4.39 Å². The average molecular weight is 399 g/mol.